The van der Waals surface area contributed by atoms with Gasteiger partial charge < -0.3 is 19.9 Å². The highest BCUT2D eigenvalue weighted by Gasteiger charge is 2.38. The van der Waals surface area contributed by atoms with Gasteiger partial charge in [-0.25, -0.2) is 4.98 Å². The standard InChI is InChI=1S/C24H30F3N5O3/c1-2-30-11-13-31(14-12-30)23-16-20(9-10-28-23)35-19-6-3-17(4-7-19)29-18-5-8-22(32(33)34)21(15-18)24(25,26)27/h5,8-10,15-17,19,29H,2-4,6-7,11-14H2,1H3. The molecule has 35 heavy (non-hydrogen) atoms. The Morgan fingerprint density at radius 2 is 1.83 bits per heavy atom. The molecule has 0 radical (unpaired) electrons. The second kappa shape index (κ2) is 10.7. The Hall–Kier alpha value is -3.08. The first-order chi connectivity index (χ1) is 16.7. The van der Waals surface area contributed by atoms with Gasteiger partial charge in [0.25, 0.3) is 5.69 Å². The molecule has 2 heterocycles. The summed E-state index contributed by atoms with van der Waals surface area (Å²) in [7, 11) is 0. The summed E-state index contributed by atoms with van der Waals surface area (Å²) in [5.41, 5.74) is -1.95. The van der Waals surface area contributed by atoms with Gasteiger partial charge in [0.2, 0.25) is 0 Å². The summed E-state index contributed by atoms with van der Waals surface area (Å²) in [6.45, 7) is 7.10. The molecule has 8 nitrogen and oxygen atoms in total. The Bertz CT molecular complexity index is 1020. The zero-order valence-electron chi connectivity index (χ0n) is 19.6. The second-order valence-electron chi connectivity index (χ2n) is 8.99. The van der Waals surface area contributed by atoms with E-state index in [0.717, 1.165) is 82.1 Å². The van der Waals surface area contributed by atoms with E-state index in [1.807, 2.05) is 12.1 Å². The molecule has 4 rings (SSSR count). The number of likely N-dealkylation sites (N-methyl/N-ethyl adjacent to an activating group) is 1. The first kappa shape index (κ1) is 25.0. The van der Waals surface area contributed by atoms with Crippen molar-refractivity contribution in [2.75, 3.05) is 42.9 Å². The molecule has 11 heteroatoms. The van der Waals surface area contributed by atoms with E-state index in [1.165, 1.54) is 6.07 Å². The normalized spacial score (nSPS) is 21.5. The number of pyridine rings is 1. The van der Waals surface area contributed by atoms with Crippen molar-refractivity contribution in [2.24, 2.45) is 0 Å². The molecule has 190 valence electrons. The zero-order chi connectivity index (χ0) is 25.0. The topological polar surface area (TPSA) is 83.8 Å². The van der Waals surface area contributed by atoms with Crippen LogP contribution in [0.4, 0.5) is 30.4 Å². The molecule has 1 aliphatic heterocycles. The molecule has 1 aromatic carbocycles. The van der Waals surface area contributed by atoms with E-state index in [-0.39, 0.29) is 17.8 Å². The van der Waals surface area contributed by atoms with Crippen molar-refractivity contribution in [3.63, 3.8) is 0 Å². The Balaban J connectivity index is 1.31. The first-order valence-electron chi connectivity index (χ1n) is 11.9. The van der Waals surface area contributed by atoms with Crippen molar-refractivity contribution in [1.29, 1.82) is 0 Å². The number of anilines is 2. The number of rotatable bonds is 7. The van der Waals surface area contributed by atoms with E-state index in [1.54, 1.807) is 6.20 Å². The highest BCUT2D eigenvalue weighted by molar-refractivity contribution is 5.55. The van der Waals surface area contributed by atoms with Crippen molar-refractivity contribution in [2.45, 2.75) is 50.9 Å². The number of nitro groups is 1. The molecule has 2 aliphatic rings. The van der Waals surface area contributed by atoms with Crippen LogP contribution in [0.3, 0.4) is 0 Å². The lowest BCUT2D eigenvalue weighted by Gasteiger charge is -2.35. The molecule has 1 saturated heterocycles. The summed E-state index contributed by atoms with van der Waals surface area (Å²) in [6, 6.07) is 6.85. The number of nitrogens with one attached hydrogen (secondary N) is 1. The summed E-state index contributed by atoms with van der Waals surface area (Å²) in [6.07, 6.45) is -0.0643. The van der Waals surface area contributed by atoms with Crippen molar-refractivity contribution in [1.82, 2.24) is 9.88 Å². The van der Waals surface area contributed by atoms with E-state index in [9.17, 15) is 23.3 Å². The fraction of sp³-hybridized carbons (Fsp3) is 0.542. The number of nitrogens with zero attached hydrogens (tertiary/aromatic N) is 4. The summed E-state index contributed by atoms with van der Waals surface area (Å²) >= 11 is 0. The van der Waals surface area contributed by atoms with Crippen LogP contribution in [-0.4, -0.2) is 59.7 Å². The third-order valence-electron chi connectivity index (χ3n) is 6.71. The van der Waals surface area contributed by atoms with Crippen LogP contribution in [-0.2, 0) is 6.18 Å². The molecule has 0 amide bonds. The maximum absolute atomic E-state index is 13.2. The van der Waals surface area contributed by atoms with Crippen LogP contribution >= 0.6 is 0 Å². The Labute approximate surface area is 202 Å². The SMILES string of the molecule is CCN1CCN(c2cc(OC3CCC(Nc4ccc([N+](=O)[O-])c(C(F)(F)F)c4)CC3)ccn2)CC1. The fourth-order valence-electron chi connectivity index (χ4n) is 4.70. The minimum atomic E-state index is -4.79. The van der Waals surface area contributed by atoms with E-state index in [0.29, 0.717) is 0 Å². The van der Waals surface area contributed by atoms with Gasteiger partial charge in [0.05, 0.1) is 11.0 Å². The number of halogens is 3. The van der Waals surface area contributed by atoms with Gasteiger partial charge in [-0.15, -0.1) is 0 Å². The average molecular weight is 494 g/mol. The lowest BCUT2D eigenvalue weighted by Crippen LogP contribution is -2.46. The zero-order valence-corrected chi connectivity index (χ0v) is 19.6. The molecule has 0 bridgehead atoms. The van der Waals surface area contributed by atoms with E-state index in [2.05, 4.69) is 27.0 Å². The molecule has 0 atom stereocenters. The van der Waals surface area contributed by atoms with Crippen molar-refractivity contribution in [3.8, 4) is 5.75 Å². The van der Waals surface area contributed by atoms with Crippen molar-refractivity contribution >= 4 is 17.2 Å². The predicted octanol–water partition coefficient (Wildman–Crippen LogP) is 4.95. The lowest BCUT2D eigenvalue weighted by atomic mass is 9.92. The average Bonchev–Trinajstić information content (AvgIpc) is 2.85. The summed E-state index contributed by atoms with van der Waals surface area (Å²) in [5.74, 6) is 1.68. The first-order valence-corrected chi connectivity index (χ1v) is 11.9. The van der Waals surface area contributed by atoms with Crippen molar-refractivity contribution in [3.05, 3.63) is 52.2 Å². The number of nitro benzene ring substituents is 1. The summed E-state index contributed by atoms with van der Waals surface area (Å²) in [5, 5.41) is 14.1. The van der Waals surface area contributed by atoms with E-state index < -0.39 is 22.4 Å². The largest absolute Gasteiger partial charge is 0.490 e. The second-order valence-corrected chi connectivity index (χ2v) is 8.99. The Morgan fingerprint density at radius 3 is 2.46 bits per heavy atom. The smallest absolute Gasteiger partial charge is 0.423 e. The van der Waals surface area contributed by atoms with Gasteiger partial charge in [0.15, 0.2) is 0 Å². The van der Waals surface area contributed by atoms with Gasteiger partial charge >= 0.3 is 6.18 Å². The van der Waals surface area contributed by atoms with Crippen LogP contribution in [0, 0.1) is 10.1 Å². The Morgan fingerprint density at radius 1 is 1.11 bits per heavy atom. The molecule has 1 aromatic heterocycles. The van der Waals surface area contributed by atoms with Gasteiger partial charge in [-0.1, -0.05) is 6.92 Å². The number of alkyl halides is 3. The molecule has 2 aromatic rings. The third-order valence-corrected chi connectivity index (χ3v) is 6.71. The summed E-state index contributed by atoms with van der Waals surface area (Å²) in [4.78, 5) is 19.1. The molecule has 2 fully saturated rings. The quantitative estimate of drug-likeness (QED) is 0.432. The minimum absolute atomic E-state index is 0.0165. The van der Waals surface area contributed by atoms with Gasteiger partial charge in [0.1, 0.15) is 17.1 Å². The molecular weight excluding hydrogens is 463 g/mol. The number of hydrogen-bond donors (Lipinski definition) is 1. The fourth-order valence-corrected chi connectivity index (χ4v) is 4.70. The van der Waals surface area contributed by atoms with Crippen LogP contribution in [0.1, 0.15) is 38.2 Å². The van der Waals surface area contributed by atoms with E-state index in [4.69, 9.17) is 4.74 Å². The maximum Gasteiger partial charge on any atom is 0.423 e. The molecule has 0 unspecified atom stereocenters. The molecule has 1 saturated carbocycles. The van der Waals surface area contributed by atoms with Crippen LogP contribution < -0.4 is 15.0 Å². The van der Waals surface area contributed by atoms with Gasteiger partial charge in [-0.3, -0.25) is 10.1 Å². The Kier molecular flexibility index (Phi) is 7.63. The highest BCUT2D eigenvalue weighted by Crippen LogP contribution is 2.38. The summed E-state index contributed by atoms with van der Waals surface area (Å²) < 4.78 is 45.9. The van der Waals surface area contributed by atoms with Crippen LogP contribution in [0.15, 0.2) is 36.5 Å². The third kappa shape index (κ3) is 6.33. The number of ether oxygens (including phenoxy) is 1. The van der Waals surface area contributed by atoms with Crippen LogP contribution in [0.5, 0.6) is 5.75 Å². The van der Waals surface area contributed by atoms with Crippen molar-refractivity contribution < 1.29 is 22.8 Å². The van der Waals surface area contributed by atoms with Gasteiger partial charge in [0, 0.05) is 56.2 Å². The molecule has 1 aliphatic carbocycles. The van der Waals surface area contributed by atoms with Crippen LogP contribution in [0.25, 0.3) is 0 Å². The molecular formula is C24H30F3N5O3. The van der Waals surface area contributed by atoms with E-state index >= 15 is 0 Å². The minimum Gasteiger partial charge on any atom is -0.490 e. The van der Waals surface area contributed by atoms with Crippen LogP contribution in [0.2, 0.25) is 0 Å². The molecule has 0 spiro atoms. The highest BCUT2D eigenvalue weighted by atomic mass is 19.4. The van der Waals surface area contributed by atoms with Gasteiger partial charge in [-0.05, 0) is 50.4 Å². The molecule has 1 N–H and O–H groups in total. The maximum atomic E-state index is 13.2. The number of aromatic nitrogens is 1. The number of hydrogen-bond acceptors (Lipinski definition) is 7. The van der Waals surface area contributed by atoms with Gasteiger partial charge in [-0.2, -0.15) is 13.2 Å². The lowest BCUT2D eigenvalue weighted by molar-refractivity contribution is -0.388. The monoisotopic (exact) mass is 493 g/mol. The number of piperazine rings is 1. The predicted molar refractivity (Wildman–Crippen MR) is 127 cm³/mol. The number of benzene rings is 1.